The average Bonchev–Trinajstić information content (AvgIpc) is 2.51. The highest BCUT2D eigenvalue weighted by molar-refractivity contribution is 7.89. The molecule has 0 aliphatic carbocycles. The first-order chi connectivity index (χ1) is 9.93. The summed E-state index contributed by atoms with van der Waals surface area (Å²) in [7, 11) is -3.40. The molecule has 5 nitrogen and oxygen atoms in total. The summed E-state index contributed by atoms with van der Waals surface area (Å²) < 4.78 is 26.6. The van der Waals surface area contributed by atoms with Gasteiger partial charge in [-0.05, 0) is 43.5 Å². The topological polar surface area (TPSA) is 84.2 Å². The van der Waals surface area contributed by atoms with Gasteiger partial charge < -0.3 is 11.1 Å². The van der Waals surface area contributed by atoms with Crippen LogP contribution in [0.2, 0.25) is 0 Å². The minimum Gasteiger partial charge on any atom is -0.378 e. The lowest BCUT2D eigenvalue weighted by Gasteiger charge is -2.32. The third kappa shape index (κ3) is 4.69. The summed E-state index contributed by atoms with van der Waals surface area (Å²) in [6.07, 6.45) is 2.60. The summed E-state index contributed by atoms with van der Waals surface area (Å²) in [4.78, 5) is 0.285. The van der Waals surface area contributed by atoms with E-state index in [1.807, 2.05) is 6.92 Å². The van der Waals surface area contributed by atoms with Crippen LogP contribution in [0.15, 0.2) is 29.2 Å². The van der Waals surface area contributed by atoms with Gasteiger partial charge in [-0.1, -0.05) is 20.8 Å². The Bertz CT molecular complexity index is 514. The first kappa shape index (κ1) is 17.9. The SMILES string of the molecule is CCCNS(=O)(=O)c1ccc(NC(CC)(CC)CN)cc1. The van der Waals surface area contributed by atoms with Crippen LogP contribution >= 0.6 is 0 Å². The van der Waals surface area contributed by atoms with Gasteiger partial charge in [0.05, 0.1) is 4.90 Å². The van der Waals surface area contributed by atoms with Gasteiger partial charge in [0.1, 0.15) is 0 Å². The number of hydrogen-bond acceptors (Lipinski definition) is 4. The van der Waals surface area contributed by atoms with Crippen molar-refractivity contribution in [3.63, 3.8) is 0 Å². The van der Waals surface area contributed by atoms with Crippen molar-refractivity contribution >= 4 is 15.7 Å². The molecule has 0 aromatic heterocycles. The maximum absolute atomic E-state index is 12.0. The molecule has 1 rings (SSSR count). The van der Waals surface area contributed by atoms with Crippen LogP contribution in [0.3, 0.4) is 0 Å². The Morgan fingerprint density at radius 3 is 2.10 bits per heavy atom. The van der Waals surface area contributed by atoms with Crippen LogP contribution in [-0.2, 0) is 10.0 Å². The zero-order chi connectivity index (χ0) is 15.9. The van der Waals surface area contributed by atoms with E-state index in [1.165, 1.54) is 0 Å². The quantitative estimate of drug-likeness (QED) is 0.653. The molecule has 0 atom stereocenters. The van der Waals surface area contributed by atoms with Crippen LogP contribution < -0.4 is 15.8 Å². The van der Waals surface area contributed by atoms with Gasteiger partial charge in [-0.3, -0.25) is 0 Å². The number of nitrogens with one attached hydrogen (secondary N) is 2. The van der Waals surface area contributed by atoms with E-state index in [9.17, 15) is 8.42 Å². The second-order valence-electron chi connectivity index (χ2n) is 5.24. The van der Waals surface area contributed by atoms with E-state index in [4.69, 9.17) is 5.73 Å². The fraction of sp³-hybridized carbons (Fsp3) is 0.600. The van der Waals surface area contributed by atoms with E-state index < -0.39 is 10.0 Å². The third-order valence-electron chi connectivity index (χ3n) is 3.86. The van der Waals surface area contributed by atoms with Gasteiger partial charge in [-0.2, -0.15) is 0 Å². The van der Waals surface area contributed by atoms with Gasteiger partial charge in [-0.25, -0.2) is 13.1 Å². The lowest BCUT2D eigenvalue weighted by atomic mass is 9.92. The van der Waals surface area contributed by atoms with Crippen LogP contribution in [0.1, 0.15) is 40.0 Å². The van der Waals surface area contributed by atoms with E-state index in [1.54, 1.807) is 24.3 Å². The Labute approximate surface area is 128 Å². The summed E-state index contributed by atoms with van der Waals surface area (Å²) in [6.45, 7) is 7.10. The summed E-state index contributed by atoms with van der Waals surface area (Å²) in [5, 5.41) is 3.42. The molecule has 0 saturated carbocycles. The standard InChI is InChI=1S/C15H27N3O2S/c1-4-11-17-21(19,20)14-9-7-13(8-10-14)18-15(5-2,6-3)12-16/h7-10,17-18H,4-6,11-12,16H2,1-3H3. The minimum atomic E-state index is -3.40. The second kappa shape index (κ2) is 7.77. The second-order valence-corrected chi connectivity index (χ2v) is 7.01. The molecule has 0 aliphatic rings. The molecule has 21 heavy (non-hydrogen) atoms. The molecule has 4 N–H and O–H groups in total. The number of anilines is 1. The number of rotatable bonds is 9. The smallest absolute Gasteiger partial charge is 0.240 e. The van der Waals surface area contributed by atoms with E-state index >= 15 is 0 Å². The van der Waals surface area contributed by atoms with Crippen molar-refractivity contribution in [2.75, 3.05) is 18.4 Å². The maximum atomic E-state index is 12.0. The average molecular weight is 313 g/mol. The summed E-state index contributed by atoms with van der Waals surface area (Å²) >= 11 is 0. The summed E-state index contributed by atoms with van der Waals surface area (Å²) in [5.41, 5.74) is 6.61. The van der Waals surface area contributed by atoms with E-state index in [2.05, 4.69) is 23.9 Å². The van der Waals surface area contributed by atoms with E-state index in [0.29, 0.717) is 13.1 Å². The zero-order valence-corrected chi connectivity index (χ0v) is 14.0. The first-order valence-electron chi connectivity index (χ1n) is 7.51. The van der Waals surface area contributed by atoms with Crippen LogP contribution in [0, 0.1) is 0 Å². The van der Waals surface area contributed by atoms with Gasteiger partial charge in [-0.15, -0.1) is 0 Å². The molecule has 0 saturated heterocycles. The first-order valence-corrected chi connectivity index (χ1v) is 8.99. The Morgan fingerprint density at radius 2 is 1.67 bits per heavy atom. The largest absolute Gasteiger partial charge is 0.378 e. The highest BCUT2D eigenvalue weighted by atomic mass is 32.2. The van der Waals surface area contributed by atoms with Crippen molar-refractivity contribution in [2.45, 2.75) is 50.5 Å². The highest BCUT2D eigenvalue weighted by Crippen LogP contribution is 2.22. The monoisotopic (exact) mass is 313 g/mol. The molecular formula is C15H27N3O2S. The van der Waals surface area contributed by atoms with Crippen molar-refractivity contribution in [3.05, 3.63) is 24.3 Å². The van der Waals surface area contributed by atoms with E-state index in [0.717, 1.165) is 24.9 Å². The predicted molar refractivity (Wildman–Crippen MR) is 87.9 cm³/mol. The predicted octanol–water partition coefficient (Wildman–Crippen LogP) is 2.30. The van der Waals surface area contributed by atoms with Crippen molar-refractivity contribution < 1.29 is 8.42 Å². The van der Waals surface area contributed by atoms with Crippen LogP contribution in [0.5, 0.6) is 0 Å². The molecule has 120 valence electrons. The number of benzene rings is 1. The van der Waals surface area contributed by atoms with Crippen molar-refractivity contribution in [3.8, 4) is 0 Å². The molecule has 0 radical (unpaired) electrons. The molecule has 0 bridgehead atoms. The molecule has 6 heteroatoms. The highest BCUT2D eigenvalue weighted by Gasteiger charge is 2.24. The van der Waals surface area contributed by atoms with Gasteiger partial charge >= 0.3 is 0 Å². The molecule has 0 unspecified atom stereocenters. The molecule has 0 amide bonds. The van der Waals surface area contributed by atoms with Crippen molar-refractivity contribution in [2.24, 2.45) is 5.73 Å². The molecule has 0 fully saturated rings. The summed E-state index contributed by atoms with van der Waals surface area (Å²) in [6, 6.07) is 6.81. The molecule has 1 aromatic rings. The van der Waals surface area contributed by atoms with Crippen molar-refractivity contribution in [1.29, 1.82) is 0 Å². The minimum absolute atomic E-state index is 0.138. The van der Waals surface area contributed by atoms with Crippen LogP contribution in [-0.4, -0.2) is 27.0 Å². The molecule has 0 spiro atoms. The van der Waals surface area contributed by atoms with Crippen LogP contribution in [0.4, 0.5) is 5.69 Å². The maximum Gasteiger partial charge on any atom is 0.240 e. The zero-order valence-electron chi connectivity index (χ0n) is 13.1. The number of nitrogens with two attached hydrogens (primary N) is 1. The van der Waals surface area contributed by atoms with Gasteiger partial charge in [0.15, 0.2) is 0 Å². The van der Waals surface area contributed by atoms with Crippen molar-refractivity contribution in [1.82, 2.24) is 4.72 Å². The Hall–Kier alpha value is -1.11. The Morgan fingerprint density at radius 1 is 1.10 bits per heavy atom. The Balaban J connectivity index is 2.88. The lowest BCUT2D eigenvalue weighted by Crippen LogP contribution is -2.44. The lowest BCUT2D eigenvalue weighted by molar-refractivity contribution is 0.445. The fourth-order valence-electron chi connectivity index (χ4n) is 2.11. The Kier molecular flexibility index (Phi) is 6.64. The molecule has 0 heterocycles. The summed E-state index contributed by atoms with van der Waals surface area (Å²) in [5.74, 6) is 0. The van der Waals surface area contributed by atoms with Gasteiger partial charge in [0, 0.05) is 24.3 Å². The normalized spacial score (nSPS) is 12.4. The molecule has 0 aliphatic heterocycles. The van der Waals surface area contributed by atoms with Gasteiger partial charge in [0.25, 0.3) is 0 Å². The van der Waals surface area contributed by atoms with Gasteiger partial charge in [0.2, 0.25) is 10.0 Å². The van der Waals surface area contributed by atoms with E-state index in [-0.39, 0.29) is 10.4 Å². The number of sulfonamides is 1. The number of hydrogen-bond donors (Lipinski definition) is 3. The third-order valence-corrected chi connectivity index (χ3v) is 5.34. The fourth-order valence-corrected chi connectivity index (χ4v) is 3.24. The molecular weight excluding hydrogens is 286 g/mol. The molecule has 1 aromatic carbocycles. The van der Waals surface area contributed by atoms with Crippen LogP contribution in [0.25, 0.3) is 0 Å².